The lowest BCUT2D eigenvalue weighted by Gasteiger charge is -2.56. The number of hydrogen-bond donors (Lipinski definition) is 0. The van der Waals surface area contributed by atoms with E-state index in [-0.39, 0.29) is 35.3 Å². The molecule has 1 aliphatic heterocycles. The van der Waals surface area contributed by atoms with Crippen LogP contribution < -0.4 is 0 Å². The van der Waals surface area contributed by atoms with E-state index in [0.29, 0.717) is 23.9 Å². The van der Waals surface area contributed by atoms with Crippen molar-refractivity contribution in [2.45, 2.75) is 118 Å². The lowest BCUT2D eigenvalue weighted by Crippen LogP contribution is -2.51. The summed E-state index contributed by atoms with van der Waals surface area (Å²) in [6, 6.07) is 0. The zero-order valence-corrected chi connectivity index (χ0v) is 23.1. The van der Waals surface area contributed by atoms with Crippen LogP contribution in [0, 0.1) is 40.4 Å². The standard InChI is InChI=1S/C31H48O4/c1-8-33-20(3)35-29(4,5)16-9-10-19(2)23-13-14-24-22-12-11-21-18-26(32)27-28(34-27)31(21,7)25(22)15-17-30(23,24)6/h11-12,18-20,22-25,27-28H,8-10,13-17H2,1-7H3/t19-,20?,22+,23-,24+,25+,27+,28+,30-,31+/m1/s1. The number of fused-ring (bicyclic) bond motifs is 7. The zero-order valence-electron chi connectivity index (χ0n) is 23.1. The van der Waals surface area contributed by atoms with Crippen molar-refractivity contribution in [2.24, 2.45) is 40.4 Å². The minimum Gasteiger partial charge on any atom is -0.360 e. The highest BCUT2D eigenvalue weighted by atomic mass is 16.7. The molecule has 0 aromatic carbocycles. The summed E-state index contributed by atoms with van der Waals surface area (Å²) in [6.45, 7) is 16.6. The smallest absolute Gasteiger partial charge is 0.187 e. The van der Waals surface area contributed by atoms with Crippen molar-refractivity contribution in [1.29, 1.82) is 0 Å². The van der Waals surface area contributed by atoms with Crippen molar-refractivity contribution >= 4 is 5.78 Å². The van der Waals surface area contributed by atoms with Crippen LogP contribution >= 0.6 is 0 Å². The summed E-state index contributed by atoms with van der Waals surface area (Å²) in [5, 5.41) is 0. The summed E-state index contributed by atoms with van der Waals surface area (Å²) in [6.07, 6.45) is 15.3. The zero-order chi connectivity index (χ0) is 25.2. The van der Waals surface area contributed by atoms with E-state index >= 15 is 0 Å². The molecule has 0 aromatic heterocycles. The number of epoxide rings is 1. The highest BCUT2D eigenvalue weighted by Crippen LogP contribution is 2.68. The molecule has 0 aromatic rings. The van der Waals surface area contributed by atoms with Gasteiger partial charge in [-0.3, -0.25) is 4.79 Å². The van der Waals surface area contributed by atoms with Crippen LogP contribution in [0.1, 0.15) is 93.4 Å². The lowest BCUT2D eigenvalue weighted by molar-refractivity contribution is -0.191. The van der Waals surface area contributed by atoms with Gasteiger partial charge in [-0.2, -0.15) is 0 Å². The first-order chi connectivity index (χ1) is 16.5. The molecule has 4 nitrogen and oxygen atoms in total. The minimum absolute atomic E-state index is 0.0211. The fourth-order valence-corrected chi connectivity index (χ4v) is 9.17. The van der Waals surface area contributed by atoms with Gasteiger partial charge in [0, 0.05) is 12.0 Å². The number of carbonyl (C=O) groups is 1. The normalized spacial score (nSPS) is 43.5. The van der Waals surface area contributed by atoms with Gasteiger partial charge in [-0.15, -0.1) is 0 Å². The number of rotatable bonds is 9. The maximum absolute atomic E-state index is 12.3. The molecule has 1 saturated heterocycles. The molecular weight excluding hydrogens is 436 g/mol. The van der Waals surface area contributed by atoms with Crippen molar-refractivity contribution in [3.63, 3.8) is 0 Å². The van der Waals surface area contributed by atoms with Crippen LogP contribution in [-0.2, 0) is 19.0 Å². The summed E-state index contributed by atoms with van der Waals surface area (Å²) >= 11 is 0. The van der Waals surface area contributed by atoms with Gasteiger partial charge in [-0.25, -0.2) is 0 Å². The quantitative estimate of drug-likeness (QED) is 0.264. The van der Waals surface area contributed by atoms with Crippen LogP contribution in [0.25, 0.3) is 0 Å². The molecule has 196 valence electrons. The Labute approximate surface area is 213 Å². The average molecular weight is 485 g/mol. The van der Waals surface area contributed by atoms with Gasteiger partial charge >= 0.3 is 0 Å². The second-order valence-electron chi connectivity index (χ2n) is 13.4. The Hall–Kier alpha value is -0.970. The number of carbonyl (C=O) groups excluding carboxylic acids is 1. The summed E-state index contributed by atoms with van der Waals surface area (Å²) < 4.78 is 17.7. The summed E-state index contributed by atoms with van der Waals surface area (Å²) in [4.78, 5) is 12.3. The minimum atomic E-state index is -0.162. The van der Waals surface area contributed by atoms with E-state index in [9.17, 15) is 4.79 Å². The van der Waals surface area contributed by atoms with Gasteiger partial charge in [0.1, 0.15) is 12.2 Å². The Morgan fingerprint density at radius 2 is 1.94 bits per heavy atom. The van der Waals surface area contributed by atoms with Gasteiger partial charge in [-0.05, 0) is 106 Å². The Morgan fingerprint density at radius 1 is 1.17 bits per heavy atom. The van der Waals surface area contributed by atoms with Gasteiger partial charge in [0.05, 0.1) is 5.60 Å². The Kier molecular flexibility index (Phi) is 6.67. The van der Waals surface area contributed by atoms with Crippen molar-refractivity contribution in [3.05, 3.63) is 23.8 Å². The number of ketones is 1. The largest absolute Gasteiger partial charge is 0.360 e. The first-order valence-corrected chi connectivity index (χ1v) is 14.4. The van der Waals surface area contributed by atoms with Gasteiger partial charge in [0.2, 0.25) is 0 Å². The Bertz CT molecular complexity index is 888. The van der Waals surface area contributed by atoms with E-state index in [1.807, 2.05) is 19.9 Å². The lowest BCUT2D eigenvalue weighted by atomic mass is 9.48. The molecule has 0 amide bonds. The Morgan fingerprint density at radius 3 is 2.69 bits per heavy atom. The van der Waals surface area contributed by atoms with Crippen LogP contribution in [0.15, 0.2) is 23.8 Å². The molecule has 4 heteroatoms. The third-order valence-corrected chi connectivity index (χ3v) is 11.0. The summed E-state index contributed by atoms with van der Waals surface area (Å²) in [7, 11) is 0. The van der Waals surface area contributed by atoms with Crippen molar-refractivity contribution in [1.82, 2.24) is 0 Å². The molecule has 10 atom stereocenters. The van der Waals surface area contributed by atoms with Gasteiger partial charge in [-0.1, -0.05) is 45.8 Å². The molecule has 0 spiro atoms. The molecule has 1 heterocycles. The van der Waals surface area contributed by atoms with Crippen molar-refractivity contribution in [3.8, 4) is 0 Å². The molecule has 3 fully saturated rings. The monoisotopic (exact) mass is 484 g/mol. The van der Waals surface area contributed by atoms with E-state index in [2.05, 4.69) is 46.8 Å². The predicted octanol–water partition coefficient (Wildman–Crippen LogP) is 6.88. The van der Waals surface area contributed by atoms with Crippen LogP contribution in [0.3, 0.4) is 0 Å². The van der Waals surface area contributed by atoms with Crippen LogP contribution in [0.5, 0.6) is 0 Å². The number of allylic oxidation sites excluding steroid dienone is 2. The van der Waals surface area contributed by atoms with E-state index in [4.69, 9.17) is 14.2 Å². The van der Waals surface area contributed by atoms with Crippen molar-refractivity contribution < 1.29 is 19.0 Å². The van der Waals surface area contributed by atoms with E-state index < -0.39 is 0 Å². The summed E-state index contributed by atoms with van der Waals surface area (Å²) in [5.41, 5.74) is 1.53. The molecule has 5 aliphatic rings. The summed E-state index contributed by atoms with van der Waals surface area (Å²) in [5.74, 6) is 3.71. The molecule has 5 rings (SSSR count). The van der Waals surface area contributed by atoms with E-state index in [0.717, 1.165) is 24.2 Å². The SMILES string of the molecule is CCOC(C)OC(C)(C)CCC[C@@H](C)[C@H]1CC[C@H]2[C@@H]3C=CC4=CC(=O)[C@@H]5O[C@@H]5[C@]4(C)[C@H]3CC[C@]12C. The fraction of sp³-hybridized carbons (Fsp3) is 0.839. The molecular formula is C31H48O4. The molecule has 2 saturated carbocycles. The van der Waals surface area contributed by atoms with Crippen LogP contribution in [-0.4, -0.2) is 36.5 Å². The third kappa shape index (κ3) is 4.30. The van der Waals surface area contributed by atoms with Gasteiger partial charge in [0.15, 0.2) is 12.1 Å². The molecule has 0 bridgehead atoms. The van der Waals surface area contributed by atoms with Crippen LogP contribution in [0.2, 0.25) is 0 Å². The average Bonchev–Trinajstić information content (AvgIpc) is 3.52. The van der Waals surface area contributed by atoms with Crippen molar-refractivity contribution in [2.75, 3.05) is 6.61 Å². The molecule has 1 unspecified atom stereocenters. The third-order valence-electron chi connectivity index (χ3n) is 11.0. The first-order valence-electron chi connectivity index (χ1n) is 14.4. The molecule has 4 aliphatic carbocycles. The van der Waals surface area contributed by atoms with Crippen LogP contribution in [0.4, 0.5) is 0 Å². The first kappa shape index (κ1) is 25.7. The second kappa shape index (κ2) is 9.10. The highest BCUT2D eigenvalue weighted by molar-refractivity contribution is 5.98. The second-order valence-corrected chi connectivity index (χ2v) is 13.4. The Balaban J connectivity index is 1.23. The van der Waals surface area contributed by atoms with E-state index in [1.165, 1.54) is 44.1 Å². The predicted molar refractivity (Wildman–Crippen MR) is 139 cm³/mol. The van der Waals surface area contributed by atoms with Gasteiger partial charge < -0.3 is 14.2 Å². The molecule has 35 heavy (non-hydrogen) atoms. The topological polar surface area (TPSA) is 48.1 Å². The van der Waals surface area contributed by atoms with Gasteiger partial charge in [0.25, 0.3) is 0 Å². The fourth-order valence-electron chi connectivity index (χ4n) is 9.17. The number of hydrogen-bond acceptors (Lipinski definition) is 4. The van der Waals surface area contributed by atoms with E-state index in [1.54, 1.807) is 0 Å². The maximum Gasteiger partial charge on any atom is 0.187 e. The number of ether oxygens (including phenoxy) is 3. The molecule has 0 radical (unpaired) electrons. The highest BCUT2D eigenvalue weighted by Gasteiger charge is 2.66. The molecule has 0 N–H and O–H groups in total. The maximum atomic E-state index is 12.3.